The Morgan fingerprint density at radius 1 is 0.923 bits per heavy atom. The summed E-state index contributed by atoms with van der Waals surface area (Å²) in [6.45, 7) is 0. The van der Waals surface area contributed by atoms with Crippen molar-refractivity contribution in [3.05, 3.63) is 82.1 Å². The predicted molar refractivity (Wildman–Crippen MR) is 103 cm³/mol. The van der Waals surface area contributed by atoms with Gasteiger partial charge in [0.2, 0.25) is 0 Å². The maximum atomic E-state index is 12.4. The highest BCUT2D eigenvalue weighted by Crippen LogP contribution is 2.25. The number of pyridine rings is 1. The number of nitrogens with zero attached hydrogens (tertiary/aromatic N) is 2. The first-order valence-electron chi connectivity index (χ1n) is 7.54. The monoisotopic (exact) mass is 382 g/mol. The summed E-state index contributed by atoms with van der Waals surface area (Å²) in [6.07, 6.45) is 3.07. The van der Waals surface area contributed by atoms with Gasteiger partial charge in [0.05, 0.1) is 39.1 Å². The first kappa shape index (κ1) is 17.7. The number of amides is 1. The Kier molecular flexibility index (Phi) is 5.37. The Morgan fingerprint density at radius 2 is 1.65 bits per heavy atom. The van der Waals surface area contributed by atoms with E-state index >= 15 is 0 Å². The fourth-order valence-electron chi connectivity index (χ4n) is 2.20. The summed E-state index contributed by atoms with van der Waals surface area (Å²) in [7, 11) is 0. The largest absolute Gasteiger partial charge is 0.354 e. The molecule has 0 spiro atoms. The van der Waals surface area contributed by atoms with Gasteiger partial charge in [-0.05, 0) is 48.5 Å². The number of halogens is 2. The second kappa shape index (κ2) is 7.87. The topological polar surface area (TPSA) is 77.8 Å². The molecule has 0 aliphatic heterocycles. The standard InChI is InChI=1S/C19H12Cl2N4O/c20-17-6-5-15(8-18(17)21)25-19(26)13-7-16(11-23-10-13)24-14-3-1-12(9-22)2-4-14/h1-8,10-11,24H,(H,25,26). The van der Waals surface area contributed by atoms with Gasteiger partial charge in [-0.3, -0.25) is 9.78 Å². The molecule has 0 saturated carbocycles. The van der Waals surface area contributed by atoms with Gasteiger partial charge in [0.1, 0.15) is 0 Å². The summed E-state index contributed by atoms with van der Waals surface area (Å²) in [5, 5.41) is 15.5. The van der Waals surface area contributed by atoms with Crippen LogP contribution in [0.2, 0.25) is 10.0 Å². The molecule has 3 aromatic rings. The van der Waals surface area contributed by atoms with Gasteiger partial charge >= 0.3 is 0 Å². The SMILES string of the molecule is N#Cc1ccc(Nc2cncc(C(=O)Nc3ccc(Cl)c(Cl)c3)c2)cc1. The van der Waals surface area contributed by atoms with E-state index in [4.69, 9.17) is 28.5 Å². The van der Waals surface area contributed by atoms with Crippen LogP contribution in [0.25, 0.3) is 0 Å². The molecule has 0 radical (unpaired) electrons. The number of carbonyl (C=O) groups excluding carboxylic acids is 1. The molecule has 26 heavy (non-hydrogen) atoms. The van der Waals surface area contributed by atoms with E-state index in [2.05, 4.69) is 21.7 Å². The fourth-order valence-corrected chi connectivity index (χ4v) is 2.50. The number of hydrogen-bond donors (Lipinski definition) is 2. The zero-order chi connectivity index (χ0) is 18.5. The number of aromatic nitrogens is 1. The van der Waals surface area contributed by atoms with Crippen LogP contribution in [0.3, 0.4) is 0 Å². The average Bonchev–Trinajstić information content (AvgIpc) is 2.65. The highest BCUT2D eigenvalue weighted by molar-refractivity contribution is 6.42. The maximum absolute atomic E-state index is 12.4. The third kappa shape index (κ3) is 4.31. The molecule has 0 aliphatic carbocycles. The second-order valence-corrected chi connectivity index (χ2v) is 6.17. The van der Waals surface area contributed by atoms with E-state index in [1.807, 2.05) is 0 Å². The summed E-state index contributed by atoms with van der Waals surface area (Å²) >= 11 is 11.8. The highest BCUT2D eigenvalue weighted by atomic mass is 35.5. The molecule has 128 valence electrons. The van der Waals surface area contributed by atoms with Crippen LogP contribution in [0, 0.1) is 11.3 Å². The van der Waals surface area contributed by atoms with Crippen molar-refractivity contribution in [1.82, 2.24) is 4.98 Å². The van der Waals surface area contributed by atoms with Crippen LogP contribution in [-0.2, 0) is 0 Å². The summed E-state index contributed by atoms with van der Waals surface area (Å²) in [4.78, 5) is 16.5. The van der Waals surface area contributed by atoms with Crippen molar-refractivity contribution in [2.75, 3.05) is 10.6 Å². The molecule has 7 heteroatoms. The molecule has 0 bridgehead atoms. The first-order valence-corrected chi connectivity index (χ1v) is 8.29. The van der Waals surface area contributed by atoms with Crippen molar-refractivity contribution >= 4 is 46.2 Å². The molecule has 0 atom stereocenters. The Hall–Kier alpha value is -3.07. The lowest BCUT2D eigenvalue weighted by Gasteiger charge is -2.09. The minimum atomic E-state index is -0.320. The molecule has 0 saturated heterocycles. The van der Waals surface area contributed by atoms with E-state index in [1.54, 1.807) is 54.7 Å². The number of carbonyl (C=O) groups is 1. The second-order valence-electron chi connectivity index (χ2n) is 5.36. The Morgan fingerprint density at radius 3 is 2.35 bits per heavy atom. The van der Waals surface area contributed by atoms with Crippen molar-refractivity contribution in [3.8, 4) is 6.07 Å². The van der Waals surface area contributed by atoms with Gasteiger partial charge < -0.3 is 10.6 Å². The number of nitriles is 1. The van der Waals surface area contributed by atoms with Gasteiger partial charge in [-0.2, -0.15) is 5.26 Å². The summed E-state index contributed by atoms with van der Waals surface area (Å²) < 4.78 is 0. The molecule has 1 amide bonds. The summed E-state index contributed by atoms with van der Waals surface area (Å²) in [6, 6.07) is 15.6. The Balaban J connectivity index is 1.74. The van der Waals surface area contributed by atoms with E-state index in [0.29, 0.717) is 32.5 Å². The minimum absolute atomic E-state index is 0.320. The van der Waals surface area contributed by atoms with Gasteiger partial charge in [-0.15, -0.1) is 0 Å². The van der Waals surface area contributed by atoms with Crippen molar-refractivity contribution in [2.24, 2.45) is 0 Å². The van der Waals surface area contributed by atoms with Crippen LogP contribution in [0.1, 0.15) is 15.9 Å². The van der Waals surface area contributed by atoms with Crippen molar-refractivity contribution < 1.29 is 4.79 Å². The lowest BCUT2D eigenvalue weighted by Crippen LogP contribution is -2.12. The van der Waals surface area contributed by atoms with Crippen LogP contribution < -0.4 is 10.6 Å². The molecule has 3 rings (SSSR count). The van der Waals surface area contributed by atoms with Crippen LogP contribution in [0.5, 0.6) is 0 Å². The molecule has 0 fully saturated rings. The molecule has 2 aromatic carbocycles. The molecule has 0 aliphatic rings. The fraction of sp³-hybridized carbons (Fsp3) is 0. The summed E-state index contributed by atoms with van der Waals surface area (Å²) in [5.41, 5.74) is 2.93. The normalized spacial score (nSPS) is 10.0. The van der Waals surface area contributed by atoms with E-state index in [1.165, 1.54) is 6.20 Å². The number of hydrogen-bond acceptors (Lipinski definition) is 4. The van der Waals surface area contributed by atoms with E-state index < -0.39 is 0 Å². The molecule has 5 nitrogen and oxygen atoms in total. The van der Waals surface area contributed by atoms with Gasteiger partial charge in [0.25, 0.3) is 5.91 Å². The molecule has 2 N–H and O–H groups in total. The number of anilines is 3. The average molecular weight is 383 g/mol. The van der Waals surface area contributed by atoms with Crippen LogP contribution in [0.4, 0.5) is 17.1 Å². The maximum Gasteiger partial charge on any atom is 0.257 e. The smallest absolute Gasteiger partial charge is 0.257 e. The van der Waals surface area contributed by atoms with Crippen molar-refractivity contribution in [1.29, 1.82) is 5.26 Å². The molecular weight excluding hydrogens is 371 g/mol. The molecule has 1 heterocycles. The highest BCUT2D eigenvalue weighted by Gasteiger charge is 2.09. The van der Waals surface area contributed by atoms with Gasteiger partial charge in [-0.25, -0.2) is 0 Å². The van der Waals surface area contributed by atoms with E-state index in [-0.39, 0.29) is 5.91 Å². The van der Waals surface area contributed by atoms with Crippen molar-refractivity contribution in [2.45, 2.75) is 0 Å². The van der Waals surface area contributed by atoms with Crippen molar-refractivity contribution in [3.63, 3.8) is 0 Å². The third-order valence-electron chi connectivity index (χ3n) is 3.48. The molecule has 1 aromatic heterocycles. The Labute approximate surface area is 160 Å². The molecule has 0 unspecified atom stereocenters. The van der Waals surface area contributed by atoms with Gasteiger partial charge in [0.15, 0.2) is 0 Å². The lowest BCUT2D eigenvalue weighted by atomic mass is 10.2. The van der Waals surface area contributed by atoms with Crippen LogP contribution in [-0.4, -0.2) is 10.9 Å². The Bertz CT molecular complexity index is 997. The zero-order valence-corrected chi connectivity index (χ0v) is 14.8. The van der Waals surface area contributed by atoms with E-state index in [9.17, 15) is 4.79 Å². The van der Waals surface area contributed by atoms with Gasteiger partial charge in [0, 0.05) is 17.6 Å². The zero-order valence-electron chi connectivity index (χ0n) is 13.3. The van der Waals surface area contributed by atoms with Crippen LogP contribution in [0.15, 0.2) is 60.9 Å². The van der Waals surface area contributed by atoms with Gasteiger partial charge in [-0.1, -0.05) is 23.2 Å². The first-order chi connectivity index (χ1) is 12.5. The third-order valence-corrected chi connectivity index (χ3v) is 4.22. The number of rotatable bonds is 4. The number of benzene rings is 2. The summed E-state index contributed by atoms with van der Waals surface area (Å²) in [5.74, 6) is -0.320. The van der Waals surface area contributed by atoms with Crippen LogP contribution >= 0.6 is 23.2 Å². The van der Waals surface area contributed by atoms with E-state index in [0.717, 1.165) is 5.69 Å². The predicted octanol–water partition coefficient (Wildman–Crippen LogP) is 5.26. The minimum Gasteiger partial charge on any atom is -0.354 e. The lowest BCUT2D eigenvalue weighted by molar-refractivity contribution is 0.102. The number of nitrogens with one attached hydrogen (secondary N) is 2. The quantitative estimate of drug-likeness (QED) is 0.645. The molecular formula is C19H12Cl2N4O.